The molecule has 0 aliphatic heterocycles. The van der Waals surface area contributed by atoms with E-state index in [0.29, 0.717) is 12.8 Å². The van der Waals surface area contributed by atoms with E-state index >= 15 is 0 Å². The Hall–Kier alpha value is -3.21. The van der Waals surface area contributed by atoms with Gasteiger partial charge in [-0.3, -0.25) is 9.36 Å². The van der Waals surface area contributed by atoms with E-state index in [-0.39, 0.29) is 24.7 Å². The Morgan fingerprint density at radius 1 is 0.878 bits per heavy atom. The molecule has 0 radical (unpaired) electrons. The van der Waals surface area contributed by atoms with Gasteiger partial charge in [0, 0.05) is 12.3 Å². The van der Waals surface area contributed by atoms with Gasteiger partial charge in [-0.1, -0.05) is 105 Å². The van der Waals surface area contributed by atoms with Crippen LogP contribution < -0.4 is 5.32 Å². The fourth-order valence-corrected chi connectivity index (χ4v) is 6.45. The van der Waals surface area contributed by atoms with E-state index in [9.17, 15) is 19.0 Å². The highest BCUT2D eigenvalue weighted by Gasteiger charge is 2.35. The third-order valence-electron chi connectivity index (χ3n) is 7.18. The van der Waals surface area contributed by atoms with Crippen molar-refractivity contribution in [3.8, 4) is 11.1 Å². The summed E-state index contributed by atoms with van der Waals surface area (Å²) in [6.07, 6.45) is 1.29. The molecule has 3 aromatic carbocycles. The SMILES string of the molecule is CC[C@@H](C)[C@H](NC(=O)[C@@H](Cc1ccc(-c2ccccc2)cc1)CP(=O)(O)CCc1ccccc1)C(=O)OC(C)(C)C. The number of benzene rings is 3. The number of nitrogens with one attached hydrogen (secondary N) is 1. The molecule has 0 bridgehead atoms. The first-order chi connectivity index (χ1) is 19.4. The van der Waals surface area contributed by atoms with Crippen molar-refractivity contribution in [2.75, 3.05) is 12.3 Å². The van der Waals surface area contributed by atoms with Gasteiger partial charge in [0.1, 0.15) is 11.6 Å². The van der Waals surface area contributed by atoms with Crippen LogP contribution in [0.15, 0.2) is 84.9 Å². The van der Waals surface area contributed by atoms with Crippen molar-refractivity contribution in [2.24, 2.45) is 11.8 Å². The maximum Gasteiger partial charge on any atom is 0.329 e. The molecule has 0 saturated heterocycles. The Labute approximate surface area is 245 Å². The van der Waals surface area contributed by atoms with E-state index in [1.807, 2.05) is 98.8 Å². The summed E-state index contributed by atoms with van der Waals surface area (Å²) < 4.78 is 19.0. The van der Waals surface area contributed by atoms with Gasteiger partial charge in [0.25, 0.3) is 0 Å². The quantitative estimate of drug-likeness (QED) is 0.170. The number of hydrogen-bond acceptors (Lipinski definition) is 4. The maximum absolute atomic E-state index is 13.7. The number of rotatable bonds is 13. The third-order valence-corrected chi connectivity index (χ3v) is 9.12. The summed E-state index contributed by atoms with van der Waals surface area (Å²) in [5.74, 6) is -1.87. The predicted molar refractivity (Wildman–Crippen MR) is 166 cm³/mol. The van der Waals surface area contributed by atoms with E-state index in [1.54, 1.807) is 20.8 Å². The molecular weight excluding hydrogens is 533 g/mol. The first-order valence-electron chi connectivity index (χ1n) is 14.4. The molecule has 3 aromatic rings. The Morgan fingerprint density at radius 2 is 1.44 bits per heavy atom. The summed E-state index contributed by atoms with van der Waals surface area (Å²) in [5, 5.41) is 2.90. The number of carbonyl (C=O) groups is 2. The van der Waals surface area contributed by atoms with Gasteiger partial charge in [0.05, 0.1) is 5.92 Å². The summed E-state index contributed by atoms with van der Waals surface area (Å²) in [6, 6.07) is 26.6. The number of ether oxygens (including phenoxy) is 1. The number of amides is 1. The molecule has 0 heterocycles. The molecule has 3 rings (SSSR count). The first-order valence-corrected chi connectivity index (χ1v) is 16.4. The summed E-state index contributed by atoms with van der Waals surface area (Å²) in [5.41, 5.74) is 3.29. The molecule has 41 heavy (non-hydrogen) atoms. The molecule has 6 nitrogen and oxygen atoms in total. The van der Waals surface area contributed by atoms with Crippen LogP contribution in [0, 0.1) is 11.8 Å². The normalized spacial score (nSPS) is 15.3. The Bertz CT molecular complexity index is 1300. The molecule has 1 amide bonds. The molecule has 220 valence electrons. The monoisotopic (exact) mass is 577 g/mol. The van der Waals surface area contributed by atoms with Crippen LogP contribution in [0.1, 0.15) is 52.2 Å². The number of aryl methyl sites for hydroxylation is 1. The van der Waals surface area contributed by atoms with Gasteiger partial charge in [-0.15, -0.1) is 0 Å². The fraction of sp³-hybridized carbons (Fsp3) is 0.412. The highest BCUT2D eigenvalue weighted by atomic mass is 31.2. The molecule has 7 heteroatoms. The fourth-order valence-electron chi connectivity index (χ4n) is 4.68. The molecule has 2 N–H and O–H groups in total. The van der Waals surface area contributed by atoms with Crippen LogP contribution >= 0.6 is 7.37 Å². The molecule has 1 unspecified atom stereocenters. The van der Waals surface area contributed by atoms with Crippen molar-refractivity contribution < 1.29 is 23.8 Å². The van der Waals surface area contributed by atoms with Crippen molar-refractivity contribution in [2.45, 2.75) is 65.5 Å². The standard InChI is InChI=1S/C34H44NO5P/c1-6-25(2)31(33(37)40-34(3,4)5)35-32(36)30(24-41(38,39)22-21-26-13-9-7-10-14-26)23-27-17-19-29(20-18-27)28-15-11-8-12-16-28/h7-20,25,30-31H,6,21-24H2,1-5H3,(H,35,36)(H,38,39)/t25-,30+,31+/m1/s1. The summed E-state index contributed by atoms with van der Waals surface area (Å²) in [6.45, 7) is 9.21. The molecule has 0 saturated carbocycles. The number of esters is 1. The minimum Gasteiger partial charge on any atom is -0.458 e. The zero-order chi connectivity index (χ0) is 30.0. The number of carbonyl (C=O) groups excluding carboxylic acids is 2. The van der Waals surface area contributed by atoms with Crippen molar-refractivity contribution in [1.82, 2.24) is 5.32 Å². The minimum absolute atomic E-state index is 0.0780. The molecule has 0 aliphatic rings. The molecular formula is C34H44NO5P. The van der Waals surface area contributed by atoms with Gasteiger partial charge in [0.15, 0.2) is 0 Å². The van der Waals surface area contributed by atoms with Crippen LogP contribution in [0.3, 0.4) is 0 Å². The summed E-state index contributed by atoms with van der Waals surface area (Å²) >= 11 is 0. The van der Waals surface area contributed by atoms with Crippen molar-refractivity contribution in [1.29, 1.82) is 0 Å². The lowest BCUT2D eigenvalue weighted by molar-refractivity contribution is -0.160. The van der Waals surface area contributed by atoms with E-state index in [1.165, 1.54) is 0 Å². The highest BCUT2D eigenvalue weighted by Crippen LogP contribution is 2.44. The topological polar surface area (TPSA) is 92.7 Å². The second-order valence-electron chi connectivity index (χ2n) is 11.9. The zero-order valence-corrected chi connectivity index (χ0v) is 25.8. The largest absolute Gasteiger partial charge is 0.458 e. The first kappa shape index (κ1) is 32.3. The smallest absolute Gasteiger partial charge is 0.329 e. The van der Waals surface area contributed by atoms with E-state index < -0.39 is 36.8 Å². The zero-order valence-electron chi connectivity index (χ0n) is 24.9. The molecule has 4 atom stereocenters. The van der Waals surface area contributed by atoms with Crippen LogP contribution in [-0.2, 0) is 31.7 Å². The Kier molecular flexibility index (Phi) is 11.5. The van der Waals surface area contributed by atoms with Crippen LogP contribution in [-0.4, -0.2) is 40.7 Å². The van der Waals surface area contributed by atoms with E-state index in [2.05, 4.69) is 5.32 Å². The van der Waals surface area contributed by atoms with Gasteiger partial charge in [-0.05, 0) is 61.8 Å². The minimum atomic E-state index is -3.67. The molecule has 0 aliphatic carbocycles. The molecule has 0 aromatic heterocycles. The lowest BCUT2D eigenvalue weighted by Crippen LogP contribution is -2.50. The van der Waals surface area contributed by atoms with Crippen LogP contribution in [0.5, 0.6) is 0 Å². The third kappa shape index (κ3) is 10.6. The molecule has 0 fully saturated rings. The van der Waals surface area contributed by atoms with Gasteiger partial charge in [0.2, 0.25) is 13.3 Å². The Balaban J connectivity index is 1.83. The lowest BCUT2D eigenvalue weighted by Gasteiger charge is -2.29. The average molecular weight is 578 g/mol. The van der Waals surface area contributed by atoms with Gasteiger partial charge >= 0.3 is 5.97 Å². The van der Waals surface area contributed by atoms with E-state index in [4.69, 9.17) is 4.74 Å². The molecule has 0 spiro atoms. The van der Waals surface area contributed by atoms with E-state index in [0.717, 1.165) is 22.3 Å². The second-order valence-corrected chi connectivity index (χ2v) is 14.4. The van der Waals surface area contributed by atoms with Crippen LogP contribution in [0.25, 0.3) is 11.1 Å². The second kappa shape index (κ2) is 14.6. The summed E-state index contributed by atoms with van der Waals surface area (Å²) in [4.78, 5) is 37.8. The maximum atomic E-state index is 13.7. The van der Waals surface area contributed by atoms with Gasteiger partial charge in [-0.2, -0.15) is 0 Å². The van der Waals surface area contributed by atoms with Crippen molar-refractivity contribution in [3.63, 3.8) is 0 Å². The average Bonchev–Trinajstić information content (AvgIpc) is 2.94. The lowest BCUT2D eigenvalue weighted by atomic mass is 9.95. The van der Waals surface area contributed by atoms with Crippen molar-refractivity contribution >= 4 is 19.2 Å². The highest BCUT2D eigenvalue weighted by molar-refractivity contribution is 7.58. The predicted octanol–water partition coefficient (Wildman–Crippen LogP) is 6.90. The van der Waals surface area contributed by atoms with Crippen LogP contribution in [0.2, 0.25) is 0 Å². The van der Waals surface area contributed by atoms with Crippen molar-refractivity contribution in [3.05, 3.63) is 96.1 Å². The van der Waals surface area contributed by atoms with Gasteiger partial charge < -0.3 is 14.9 Å². The Morgan fingerprint density at radius 3 is 2.00 bits per heavy atom. The number of hydrogen-bond donors (Lipinski definition) is 2. The summed E-state index contributed by atoms with van der Waals surface area (Å²) in [7, 11) is -3.67. The van der Waals surface area contributed by atoms with Gasteiger partial charge in [-0.25, -0.2) is 4.79 Å². The van der Waals surface area contributed by atoms with Crippen LogP contribution in [0.4, 0.5) is 0 Å².